The molecule has 8 nitrogen and oxygen atoms in total. The van der Waals surface area contributed by atoms with Gasteiger partial charge in [0, 0.05) is 30.1 Å². The lowest BCUT2D eigenvalue weighted by Gasteiger charge is -2.27. The second-order valence-corrected chi connectivity index (χ2v) is 10.9. The van der Waals surface area contributed by atoms with Crippen LogP contribution in [-0.4, -0.2) is 47.9 Å². The minimum Gasteiger partial charge on any atom is -0.386 e. The van der Waals surface area contributed by atoms with E-state index in [4.69, 9.17) is 27.5 Å². The number of hydrogen-bond acceptors (Lipinski definition) is 7. The molecule has 1 aliphatic rings. The molecule has 1 saturated heterocycles. The third-order valence-electron chi connectivity index (χ3n) is 5.90. The normalized spacial score (nSPS) is 19.5. The second kappa shape index (κ2) is 8.85. The van der Waals surface area contributed by atoms with Crippen LogP contribution in [0.15, 0.2) is 42.7 Å². The van der Waals surface area contributed by atoms with Crippen LogP contribution in [0.5, 0.6) is 0 Å². The van der Waals surface area contributed by atoms with Gasteiger partial charge >= 0.3 is 0 Å². The average Bonchev–Trinajstić information content (AvgIpc) is 3.27. The number of halogens is 2. The van der Waals surface area contributed by atoms with Crippen LogP contribution in [0.25, 0.3) is 10.9 Å². The molecule has 0 aliphatic carbocycles. The Morgan fingerprint density at radius 3 is 2.85 bits per heavy atom. The zero-order valence-corrected chi connectivity index (χ0v) is 19.4. The monoisotopic (exact) mass is 491 g/mol. The first-order chi connectivity index (χ1) is 15.6. The number of ether oxygens (including phenoxy) is 1. The minimum atomic E-state index is -3.89. The Morgan fingerprint density at radius 1 is 1.36 bits per heavy atom. The van der Waals surface area contributed by atoms with E-state index in [1.165, 1.54) is 12.3 Å². The van der Waals surface area contributed by atoms with E-state index in [0.29, 0.717) is 22.0 Å². The highest BCUT2D eigenvalue weighted by Gasteiger charge is 2.50. The number of fused-ring (bicyclic) bond motifs is 1. The largest absolute Gasteiger partial charge is 0.386 e. The predicted octanol–water partition coefficient (Wildman–Crippen LogP) is 3.78. The average molecular weight is 492 g/mol. The van der Waals surface area contributed by atoms with E-state index in [2.05, 4.69) is 15.3 Å². The highest BCUT2D eigenvalue weighted by atomic mass is 35.5. The lowest BCUT2D eigenvalue weighted by molar-refractivity contribution is 0.195. The Bertz CT molecular complexity index is 1330. The van der Waals surface area contributed by atoms with Gasteiger partial charge in [-0.2, -0.15) is 0 Å². The molecule has 0 bridgehead atoms. The predicted molar refractivity (Wildman–Crippen MR) is 127 cm³/mol. The molecule has 1 unspecified atom stereocenters. The van der Waals surface area contributed by atoms with Crippen molar-refractivity contribution in [3.05, 3.63) is 59.1 Å². The maximum absolute atomic E-state index is 14.7. The van der Waals surface area contributed by atoms with Crippen molar-refractivity contribution < 1.29 is 17.5 Å². The summed E-state index contributed by atoms with van der Waals surface area (Å²) in [4.78, 5) is 8.63. The third kappa shape index (κ3) is 4.38. The van der Waals surface area contributed by atoms with Gasteiger partial charge in [-0.3, -0.25) is 10.4 Å². The molecule has 2 atom stereocenters. The molecule has 4 rings (SSSR count). The fraction of sp³-hybridized carbons (Fsp3) is 0.318. The first-order valence-corrected chi connectivity index (χ1v) is 12.3. The zero-order valence-electron chi connectivity index (χ0n) is 17.8. The number of aromatic nitrogens is 2. The first kappa shape index (κ1) is 23.3. The number of anilines is 2. The van der Waals surface area contributed by atoms with Crippen LogP contribution in [0.2, 0.25) is 5.02 Å². The molecule has 3 heterocycles. The summed E-state index contributed by atoms with van der Waals surface area (Å²) in [5, 5.41) is 12.2. The Labute approximate surface area is 195 Å². The fourth-order valence-electron chi connectivity index (χ4n) is 4.01. The molecule has 0 radical (unpaired) electrons. The van der Waals surface area contributed by atoms with Crippen molar-refractivity contribution in [3.8, 4) is 0 Å². The maximum atomic E-state index is 14.7. The van der Waals surface area contributed by atoms with Gasteiger partial charge in [0.05, 0.1) is 17.4 Å². The number of rotatable bonds is 7. The zero-order chi connectivity index (χ0) is 23.8. The van der Waals surface area contributed by atoms with Crippen molar-refractivity contribution in [1.29, 1.82) is 5.41 Å². The van der Waals surface area contributed by atoms with Crippen molar-refractivity contribution >= 4 is 49.7 Å². The highest BCUT2D eigenvalue weighted by Crippen LogP contribution is 2.34. The van der Waals surface area contributed by atoms with E-state index >= 15 is 0 Å². The molecule has 33 heavy (non-hydrogen) atoms. The minimum absolute atomic E-state index is 0.116. The van der Waals surface area contributed by atoms with E-state index in [0.717, 1.165) is 5.39 Å². The van der Waals surface area contributed by atoms with Gasteiger partial charge in [0.1, 0.15) is 17.2 Å². The van der Waals surface area contributed by atoms with Crippen LogP contribution < -0.4 is 11.1 Å². The van der Waals surface area contributed by atoms with Gasteiger partial charge in [0.25, 0.3) is 0 Å². The number of nitrogens with two attached hydrogens (primary N) is 1. The summed E-state index contributed by atoms with van der Waals surface area (Å²) in [6.45, 7) is 1.67. The molecule has 1 aromatic carbocycles. The van der Waals surface area contributed by atoms with Gasteiger partial charge in [-0.1, -0.05) is 18.5 Å². The summed E-state index contributed by atoms with van der Waals surface area (Å²) >= 11 is 6.01. The molecular weight excluding hydrogens is 469 g/mol. The molecule has 0 saturated carbocycles. The molecule has 1 aliphatic heterocycles. The molecule has 174 valence electrons. The van der Waals surface area contributed by atoms with E-state index in [1.54, 1.807) is 37.4 Å². The van der Waals surface area contributed by atoms with Crippen LogP contribution >= 0.6 is 11.6 Å². The van der Waals surface area contributed by atoms with E-state index in [-0.39, 0.29) is 31.0 Å². The van der Waals surface area contributed by atoms with E-state index in [1.807, 2.05) is 0 Å². The van der Waals surface area contributed by atoms with E-state index in [9.17, 15) is 12.8 Å². The van der Waals surface area contributed by atoms with Gasteiger partial charge < -0.3 is 15.8 Å². The van der Waals surface area contributed by atoms with Crippen LogP contribution in [0.4, 0.5) is 15.9 Å². The summed E-state index contributed by atoms with van der Waals surface area (Å²) in [6, 6.07) is 7.91. The maximum Gasteiger partial charge on any atom is 0.166 e. The Kier molecular flexibility index (Phi) is 6.26. The molecule has 0 spiro atoms. The lowest BCUT2D eigenvalue weighted by Crippen LogP contribution is -2.52. The summed E-state index contributed by atoms with van der Waals surface area (Å²) < 4.78 is 44.7. The Hall–Kier alpha value is -2.82. The summed E-state index contributed by atoms with van der Waals surface area (Å²) in [5.74, 6) is -1.58. The first-order valence-electron chi connectivity index (χ1n) is 10.2. The molecule has 4 N–H and O–H groups in total. The van der Waals surface area contributed by atoms with E-state index < -0.39 is 32.2 Å². The van der Waals surface area contributed by atoms with Crippen molar-refractivity contribution in [2.24, 2.45) is 5.73 Å². The SMILES string of the molecule is C[C@H](CS(=O)(=O)C1(C(=N)N)CCOC1)c1cc(Nc2nccc3cc(Cl)cnc23)ccc1F. The van der Waals surface area contributed by atoms with Gasteiger partial charge in [0.15, 0.2) is 20.4 Å². The van der Waals surface area contributed by atoms with Crippen LogP contribution in [-0.2, 0) is 14.6 Å². The molecule has 3 aromatic rings. The van der Waals surface area contributed by atoms with Crippen LogP contribution in [0, 0.1) is 11.2 Å². The second-order valence-electron chi connectivity index (χ2n) is 8.14. The number of sulfone groups is 1. The Balaban J connectivity index is 1.62. The lowest BCUT2D eigenvalue weighted by atomic mass is 10.0. The van der Waals surface area contributed by atoms with Crippen molar-refractivity contribution in [2.45, 2.75) is 24.0 Å². The summed E-state index contributed by atoms with van der Waals surface area (Å²) in [7, 11) is -3.89. The van der Waals surface area contributed by atoms with Gasteiger partial charge in [-0.05, 0) is 48.2 Å². The highest BCUT2D eigenvalue weighted by molar-refractivity contribution is 7.93. The van der Waals surface area contributed by atoms with Crippen molar-refractivity contribution in [1.82, 2.24) is 9.97 Å². The van der Waals surface area contributed by atoms with Crippen molar-refractivity contribution in [2.75, 3.05) is 24.3 Å². The number of nitrogens with zero attached hydrogens (tertiary/aromatic N) is 2. The molecule has 2 aromatic heterocycles. The van der Waals surface area contributed by atoms with Gasteiger partial charge in [0.2, 0.25) is 0 Å². The topological polar surface area (TPSA) is 131 Å². The van der Waals surface area contributed by atoms with Gasteiger partial charge in [-0.15, -0.1) is 0 Å². The van der Waals surface area contributed by atoms with Gasteiger partial charge in [-0.25, -0.2) is 17.8 Å². The van der Waals surface area contributed by atoms with Crippen LogP contribution in [0.1, 0.15) is 24.8 Å². The number of benzene rings is 1. The van der Waals surface area contributed by atoms with Crippen molar-refractivity contribution in [3.63, 3.8) is 0 Å². The number of pyridine rings is 2. The standard InChI is InChI=1S/C22H23ClFN5O3S/c1-13(11-33(30,31)22(21(25)26)5-7-32-12-22)17-9-16(2-3-18(17)24)29-20-19-14(4-6-27-20)8-15(23)10-28-19/h2-4,6,8-10,13H,5,7,11-12H2,1H3,(H3,25,26)(H,27,29)/t13-,22?/m1/s1. The third-order valence-corrected chi connectivity index (χ3v) is 8.77. The smallest absolute Gasteiger partial charge is 0.166 e. The molecular formula is C22H23ClFN5O3S. The summed E-state index contributed by atoms with van der Waals surface area (Å²) in [5.41, 5.74) is 6.98. The quantitative estimate of drug-likeness (QED) is 0.338. The molecule has 11 heteroatoms. The summed E-state index contributed by atoms with van der Waals surface area (Å²) in [6.07, 6.45) is 3.23. The number of amidine groups is 1. The van der Waals surface area contributed by atoms with Crippen LogP contribution in [0.3, 0.4) is 0 Å². The fourth-order valence-corrected chi connectivity index (χ4v) is 6.33. The molecule has 1 fully saturated rings. The Morgan fingerprint density at radius 2 is 2.15 bits per heavy atom. The number of hydrogen-bond donors (Lipinski definition) is 3. The number of nitrogens with one attached hydrogen (secondary N) is 2. The molecule has 0 amide bonds.